The number of aryl methyl sites for hydroxylation is 1. The van der Waals surface area contributed by atoms with Gasteiger partial charge < -0.3 is 29.7 Å². The summed E-state index contributed by atoms with van der Waals surface area (Å²) >= 11 is 0. The molecule has 39 heavy (non-hydrogen) atoms. The fraction of sp³-hybridized carbons (Fsp3) is 0.250. The van der Waals surface area contributed by atoms with Crippen LogP contribution in [0.1, 0.15) is 0 Å². The Morgan fingerprint density at radius 2 is 1.95 bits per heavy atom. The third-order valence-corrected chi connectivity index (χ3v) is 6.17. The number of rotatable bonds is 11. The van der Waals surface area contributed by atoms with Crippen molar-refractivity contribution in [1.82, 2.24) is 19.4 Å². The van der Waals surface area contributed by atoms with Crippen LogP contribution in [0.25, 0.3) is 22.2 Å². The maximum absolute atomic E-state index is 14.1. The molecule has 204 valence electrons. The van der Waals surface area contributed by atoms with Crippen LogP contribution in [-0.2, 0) is 11.8 Å². The molecular formula is C28H31F2N7O2. The smallest absolute Gasteiger partial charge is 0.315 e. The molecule has 2 N–H and O–H groups in total. The number of likely N-dealkylation sites (N-methyl/N-ethyl adjacent to an activating group) is 1. The molecule has 2 aromatic carbocycles. The standard InChI is InChI=1S/C28H31F2N7O2/c1-6-26(38)32-21-15-22(25(39-5)16-24(21)37(27(29)30)14-13-35(2)3)34-28-31-12-11-20(33-28)19-17-36(4)23-10-8-7-9-18(19)23/h6-12,15-17,27H,1,13-14H2,2-5H3,(H,32,38)(H,31,33,34). The van der Waals surface area contributed by atoms with Crippen LogP contribution in [0.3, 0.4) is 0 Å². The van der Waals surface area contributed by atoms with Crippen LogP contribution in [0.4, 0.5) is 31.8 Å². The fourth-order valence-electron chi connectivity index (χ4n) is 4.22. The lowest BCUT2D eigenvalue weighted by Crippen LogP contribution is -2.36. The second kappa shape index (κ2) is 11.9. The fourth-order valence-corrected chi connectivity index (χ4v) is 4.22. The van der Waals surface area contributed by atoms with Gasteiger partial charge in [0.25, 0.3) is 0 Å². The van der Waals surface area contributed by atoms with Crippen molar-refractivity contribution in [2.45, 2.75) is 6.55 Å². The quantitative estimate of drug-likeness (QED) is 0.204. The van der Waals surface area contributed by atoms with Gasteiger partial charge in [0.05, 0.1) is 29.9 Å². The van der Waals surface area contributed by atoms with E-state index in [1.807, 2.05) is 48.1 Å². The lowest BCUT2D eigenvalue weighted by Gasteiger charge is -2.28. The van der Waals surface area contributed by atoms with Crippen molar-refractivity contribution < 1.29 is 18.3 Å². The van der Waals surface area contributed by atoms with Crippen LogP contribution < -0.4 is 20.3 Å². The monoisotopic (exact) mass is 535 g/mol. The third kappa shape index (κ3) is 6.15. The van der Waals surface area contributed by atoms with Crippen LogP contribution in [0.2, 0.25) is 0 Å². The molecule has 0 spiro atoms. The summed E-state index contributed by atoms with van der Waals surface area (Å²) in [5.74, 6) is 0.00506. The number of para-hydroxylation sites is 1. The van der Waals surface area contributed by atoms with Gasteiger partial charge in [-0.2, -0.15) is 8.78 Å². The van der Waals surface area contributed by atoms with E-state index >= 15 is 0 Å². The first kappa shape index (κ1) is 27.5. The number of carbonyl (C=O) groups is 1. The molecule has 0 atom stereocenters. The van der Waals surface area contributed by atoms with Gasteiger partial charge in [0, 0.05) is 55.1 Å². The number of halogens is 2. The number of fused-ring (bicyclic) bond motifs is 1. The summed E-state index contributed by atoms with van der Waals surface area (Å²) in [4.78, 5) is 23.9. The Bertz CT molecular complexity index is 1490. The van der Waals surface area contributed by atoms with Crippen LogP contribution in [0, 0.1) is 0 Å². The van der Waals surface area contributed by atoms with Crippen molar-refractivity contribution in [3.05, 3.63) is 67.5 Å². The van der Waals surface area contributed by atoms with Gasteiger partial charge in [-0.05, 0) is 38.4 Å². The Balaban J connectivity index is 1.74. The van der Waals surface area contributed by atoms with Crippen LogP contribution in [0.15, 0.2) is 67.5 Å². The molecule has 0 saturated heterocycles. The molecule has 0 bridgehead atoms. The van der Waals surface area contributed by atoms with Crippen molar-refractivity contribution in [3.63, 3.8) is 0 Å². The van der Waals surface area contributed by atoms with Crippen LogP contribution >= 0.6 is 0 Å². The maximum Gasteiger partial charge on any atom is 0.315 e. The number of aromatic nitrogens is 3. The predicted molar refractivity (Wildman–Crippen MR) is 151 cm³/mol. The molecule has 11 heteroatoms. The zero-order chi connectivity index (χ0) is 28.1. The minimum Gasteiger partial charge on any atom is -0.494 e. The Labute approximate surface area is 225 Å². The van der Waals surface area contributed by atoms with Gasteiger partial charge in [0.1, 0.15) is 5.75 Å². The van der Waals surface area contributed by atoms with Gasteiger partial charge in [-0.15, -0.1) is 0 Å². The van der Waals surface area contributed by atoms with Gasteiger partial charge in [0.2, 0.25) is 11.9 Å². The molecule has 1 amide bonds. The van der Waals surface area contributed by atoms with Gasteiger partial charge in [-0.25, -0.2) is 9.97 Å². The van der Waals surface area contributed by atoms with E-state index in [-0.39, 0.29) is 29.6 Å². The molecule has 9 nitrogen and oxygen atoms in total. The van der Waals surface area contributed by atoms with E-state index in [9.17, 15) is 13.6 Å². The van der Waals surface area contributed by atoms with Crippen molar-refractivity contribution in [2.75, 3.05) is 49.8 Å². The van der Waals surface area contributed by atoms with E-state index in [0.29, 0.717) is 17.9 Å². The Kier molecular flexibility index (Phi) is 8.40. The molecular weight excluding hydrogens is 504 g/mol. The Morgan fingerprint density at radius 3 is 2.64 bits per heavy atom. The van der Waals surface area contributed by atoms with E-state index in [1.165, 1.54) is 19.2 Å². The average molecular weight is 536 g/mol. The number of nitrogens with zero attached hydrogens (tertiary/aromatic N) is 5. The van der Waals surface area contributed by atoms with Crippen molar-refractivity contribution in [1.29, 1.82) is 0 Å². The molecule has 2 heterocycles. The highest BCUT2D eigenvalue weighted by Gasteiger charge is 2.24. The maximum atomic E-state index is 14.1. The number of ether oxygens (including phenoxy) is 1. The summed E-state index contributed by atoms with van der Waals surface area (Å²) in [6, 6.07) is 12.8. The van der Waals surface area contributed by atoms with E-state index in [2.05, 4.69) is 27.2 Å². The average Bonchev–Trinajstić information content (AvgIpc) is 3.26. The van der Waals surface area contributed by atoms with Gasteiger partial charge in [-0.1, -0.05) is 24.8 Å². The van der Waals surface area contributed by atoms with Gasteiger partial charge in [-0.3, -0.25) is 4.79 Å². The lowest BCUT2D eigenvalue weighted by molar-refractivity contribution is -0.111. The number of nitrogens with one attached hydrogen (secondary N) is 2. The zero-order valence-corrected chi connectivity index (χ0v) is 22.3. The largest absolute Gasteiger partial charge is 0.494 e. The summed E-state index contributed by atoms with van der Waals surface area (Å²) in [5, 5.41) is 6.80. The number of hydrogen-bond acceptors (Lipinski definition) is 7. The highest BCUT2D eigenvalue weighted by Crippen LogP contribution is 2.39. The van der Waals surface area contributed by atoms with E-state index in [0.717, 1.165) is 27.4 Å². The first-order valence-corrected chi connectivity index (χ1v) is 12.2. The number of benzene rings is 2. The zero-order valence-electron chi connectivity index (χ0n) is 22.3. The van der Waals surface area contributed by atoms with Crippen molar-refractivity contribution in [3.8, 4) is 17.0 Å². The normalized spacial score (nSPS) is 11.2. The highest BCUT2D eigenvalue weighted by molar-refractivity contribution is 6.02. The number of hydrogen-bond donors (Lipinski definition) is 2. The Morgan fingerprint density at radius 1 is 1.18 bits per heavy atom. The van der Waals surface area contributed by atoms with E-state index in [1.54, 1.807) is 25.2 Å². The number of methoxy groups -OCH3 is 1. The van der Waals surface area contributed by atoms with Gasteiger partial charge >= 0.3 is 6.55 Å². The second-order valence-corrected chi connectivity index (χ2v) is 9.10. The van der Waals surface area contributed by atoms with Crippen LogP contribution in [0.5, 0.6) is 5.75 Å². The van der Waals surface area contributed by atoms with E-state index < -0.39 is 12.5 Å². The minimum absolute atomic E-state index is 0.0216. The molecule has 0 aliphatic carbocycles. The van der Waals surface area contributed by atoms with Gasteiger partial charge in [0.15, 0.2) is 0 Å². The molecule has 2 aromatic heterocycles. The number of carbonyl (C=O) groups excluding carboxylic acids is 1. The molecule has 0 aliphatic heterocycles. The molecule has 4 rings (SSSR count). The lowest BCUT2D eigenvalue weighted by atomic mass is 10.1. The summed E-state index contributed by atoms with van der Waals surface area (Å²) in [7, 11) is 7.00. The molecule has 0 radical (unpaired) electrons. The van der Waals surface area contributed by atoms with Crippen LogP contribution in [-0.4, -0.2) is 66.2 Å². The summed E-state index contributed by atoms with van der Waals surface area (Å²) in [6.07, 6.45) is 4.71. The highest BCUT2D eigenvalue weighted by atomic mass is 19.3. The summed E-state index contributed by atoms with van der Waals surface area (Å²) in [5.41, 5.74) is 3.36. The first-order valence-electron chi connectivity index (χ1n) is 12.2. The number of anilines is 4. The topological polar surface area (TPSA) is 87.5 Å². The SMILES string of the molecule is C=CC(=O)Nc1cc(Nc2nccc(-c3cn(C)c4ccccc34)n2)c(OC)cc1N(CCN(C)C)C(F)F. The number of amides is 1. The Hall–Kier alpha value is -4.51. The number of alkyl halides is 2. The summed E-state index contributed by atoms with van der Waals surface area (Å²) in [6.45, 7) is 1.05. The molecule has 0 aliphatic rings. The molecule has 0 fully saturated rings. The third-order valence-electron chi connectivity index (χ3n) is 6.17. The van der Waals surface area contributed by atoms with Crippen molar-refractivity contribution >= 4 is 39.8 Å². The molecule has 0 saturated carbocycles. The second-order valence-electron chi connectivity index (χ2n) is 9.10. The predicted octanol–water partition coefficient (Wildman–Crippen LogP) is 5.10. The minimum atomic E-state index is -2.81. The molecule has 0 unspecified atom stereocenters. The summed E-state index contributed by atoms with van der Waals surface area (Å²) < 4.78 is 35.8. The van der Waals surface area contributed by atoms with E-state index in [4.69, 9.17) is 4.74 Å². The first-order chi connectivity index (χ1) is 18.7. The molecule has 4 aromatic rings. The van der Waals surface area contributed by atoms with Crippen molar-refractivity contribution in [2.24, 2.45) is 7.05 Å².